The van der Waals surface area contributed by atoms with E-state index in [0.717, 1.165) is 22.3 Å². The van der Waals surface area contributed by atoms with Gasteiger partial charge in [0, 0.05) is 37.3 Å². The Labute approximate surface area is 226 Å². The lowest BCUT2D eigenvalue weighted by atomic mass is 9.92. The molecule has 0 saturated carbocycles. The fourth-order valence-electron chi connectivity index (χ4n) is 5.15. The second-order valence-corrected chi connectivity index (χ2v) is 10.3. The van der Waals surface area contributed by atoms with Crippen molar-refractivity contribution in [1.29, 1.82) is 0 Å². The predicted molar refractivity (Wildman–Crippen MR) is 146 cm³/mol. The second-order valence-electron chi connectivity index (χ2n) is 10.3. The molecule has 0 radical (unpaired) electrons. The van der Waals surface area contributed by atoms with Crippen LogP contribution in [0.15, 0.2) is 48.5 Å². The summed E-state index contributed by atoms with van der Waals surface area (Å²) in [6.07, 6.45) is -0.545. The molecule has 0 saturated heterocycles. The van der Waals surface area contributed by atoms with Crippen molar-refractivity contribution in [3.05, 3.63) is 93.3 Å². The quantitative estimate of drug-likeness (QED) is 0.425. The Hall–Kier alpha value is -4.40. The maximum atomic E-state index is 15.2. The van der Waals surface area contributed by atoms with E-state index in [-0.39, 0.29) is 43.1 Å². The van der Waals surface area contributed by atoms with Crippen molar-refractivity contribution >= 4 is 29.3 Å². The molecule has 2 atom stereocenters. The van der Waals surface area contributed by atoms with E-state index in [9.17, 15) is 14.4 Å². The number of halogens is 1. The van der Waals surface area contributed by atoms with Gasteiger partial charge in [-0.1, -0.05) is 31.2 Å². The lowest BCUT2D eigenvalue weighted by Gasteiger charge is -2.28. The number of aryl methyl sites for hydroxylation is 2. The van der Waals surface area contributed by atoms with Crippen molar-refractivity contribution < 1.29 is 23.5 Å². The first-order valence-corrected chi connectivity index (χ1v) is 12.9. The van der Waals surface area contributed by atoms with Gasteiger partial charge < -0.3 is 20.3 Å². The Morgan fingerprint density at radius 2 is 1.79 bits per heavy atom. The molecule has 9 heteroatoms. The highest BCUT2D eigenvalue weighted by Crippen LogP contribution is 2.31. The number of hydrogen-bond acceptors (Lipinski definition) is 5. The van der Waals surface area contributed by atoms with Crippen molar-refractivity contribution in [1.82, 2.24) is 10.2 Å². The van der Waals surface area contributed by atoms with Gasteiger partial charge in [-0.2, -0.15) is 0 Å². The Kier molecular flexibility index (Phi) is 6.99. The zero-order valence-electron chi connectivity index (χ0n) is 22.4. The first kappa shape index (κ1) is 26.2. The Balaban J connectivity index is 1.57. The average Bonchev–Trinajstić information content (AvgIpc) is 3.25. The largest absolute Gasteiger partial charge is 0.449 e. The van der Waals surface area contributed by atoms with E-state index < -0.39 is 18.0 Å². The van der Waals surface area contributed by atoms with E-state index in [1.54, 1.807) is 18.0 Å². The molecule has 3 N–H and O–H groups in total. The lowest BCUT2D eigenvalue weighted by molar-refractivity contribution is -0.131. The molecule has 39 heavy (non-hydrogen) atoms. The zero-order chi connectivity index (χ0) is 27.8. The number of anilines is 2. The number of hydrogen-bond donors (Lipinski definition) is 3. The van der Waals surface area contributed by atoms with Gasteiger partial charge in [-0.05, 0) is 71.5 Å². The van der Waals surface area contributed by atoms with Crippen LogP contribution >= 0.6 is 0 Å². The van der Waals surface area contributed by atoms with Crippen molar-refractivity contribution in [3.8, 4) is 0 Å². The smallest absolute Gasteiger partial charge is 0.411 e. The van der Waals surface area contributed by atoms with Crippen LogP contribution in [0.1, 0.15) is 62.6 Å². The average molecular weight is 531 g/mol. The molecule has 0 spiro atoms. The molecule has 0 unspecified atom stereocenters. The third-order valence-electron chi connectivity index (χ3n) is 7.43. The number of likely N-dealkylation sites (N-methyl/N-ethyl adjacent to an activating group) is 1. The first-order valence-electron chi connectivity index (χ1n) is 12.9. The number of benzene rings is 3. The van der Waals surface area contributed by atoms with Crippen LogP contribution in [-0.4, -0.2) is 36.5 Å². The number of rotatable bonds is 2. The van der Waals surface area contributed by atoms with Gasteiger partial charge in [0.15, 0.2) is 0 Å². The number of carbonyl (C=O) groups excluding carboxylic acids is 3. The monoisotopic (exact) mass is 530 g/mol. The number of ether oxygens (including phenoxy) is 1. The maximum Gasteiger partial charge on any atom is 0.411 e. The minimum absolute atomic E-state index is 0.0799. The molecular weight excluding hydrogens is 499 g/mol. The van der Waals surface area contributed by atoms with Gasteiger partial charge >= 0.3 is 6.09 Å². The summed E-state index contributed by atoms with van der Waals surface area (Å²) in [6.45, 7) is 6.53. The number of nitrogens with zero attached hydrogens (tertiary/aromatic N) is 1. The van der Waals surface area contributed by atoms with E-state index in [1.165, 1.54) is 12.1 Å². The van der Waals surface area contributed by atoms with Gasteiger partial charge in [0.2, 0.25) is 5.91 Å². The highest BCUT2D eigenvalue weighted by atomic mass is 19.1. The molecule has 0 aromatic heterocycles. The first-order chi connectivity index (χ1) is 18.6. The van der Waals surface area contributed by atoms with Crippen molar-refractivity contribution in [2.24, 2.45) is 0 Å². The Bertz CT molecular complexity index is 1490. The number of amides is 3. The standard InChI is InChI=1S/C30H31FN4O4/c1-16-5-7-22-10-21(16)14-35(4)29(37)27(34-26-12-24-20(11-25(26)31)13-32-28(24)36)19-6-8-23(17(2)9-19)18(3)15-39-30(38)33-22/h5-12,18,27,34H,13-15H2,1-4H3,(H,32,36)(H,33,38)/t18-,27+/m0/s1. The molecular formula is C30H31FN4O4. The minimum atomic E-state index is -0.914. The summed E-state index contributed by atoms with van der Waals surface area (Å²) in [5, 5.41) is 8.56. The lowest BCUT2D eigenvalue weighted by Crippen LogP contribution is -2.35. The van der Waals surface area contributed by atoms with Gasteiger partial charge in [0.1, 0.15) is 11.9 Å². The molecule has 0 aliphatic carbocycles. The SMILES string of the molecule is Cc1ccc2cc1CN(C)C(=O)[C@H](Nc1cc3c(cc1F)CNC3=O)c1ccc(c(C)c1)[C@@H](C)COC(=O)N2. The molecule has 3 aromatic rings. The number of fused-ring (bicyclic) bond motifs is 10. The molecule has 3 amide bonds. The van der Waals surface area contributed by atoms with Crippen LogP contribution in [0.3, 0.4) is 0 Å². The predicted octanol–water partition coefficient (Wildman–Crippen LogP) is 5.16. The van der Waals surface area contributed by atoms with Gasteiger partial charge in [0.25, 0.3) is 5.91 Å². The van der Waals surface area contributed by atoms with E-state index in [1.807, 2.05) is 51.1 Å². The Morgan fingerprint density at radius 3 is 2.56 bits per heavy atom. The summed E-state index contributed by atoms with van der Waals surface area (Å²) in [4.78, 5) is 40.2. The Morgan fingerprint density at radius 1 is 1.00 bits per heavy atom. The van der Waals surface area contributed by atoms with Gasteiger partial charge in [0.05, 0.1) is 12.3 Å². The summed E-state index contributed by atoms with van der Waals surface area (Å²) in [7, 11) is 1.68. The molecule has 4 bridgehead atoms. The van der Waals surface area contributed by atoms with E-state index >= 15 is 4.39 Å². The van der Waals surface area contributed by atoms with Crippen LogP contribution in [0.2, 0.25) is 0 Å². The van der Waals surface area contributed by atoms with Crippen LogP contribution in [0, 0.1) is 19.7 Å². The maximum absolute atomic E-state index is 15.2. The normalized spacial score (nSPS) is 19.3. The molecule has 3 heterocycles. The van der Waals surface area contributed by atoms with Crippen molar-refractivity contribution in [2.45, 2.75) is 45.8 Å². The van der Waals surface area contributed by atoms with Crippen LogP contribution in [0.5, 0.6) is 0 Å². The second kappa shape index (κ2) is 10.4. The fourth-order valence-corrected chi connectivity index (χ4v) is 5.15. The van der Waals surface area contributed by atoms with Crippen LogP contribution in [-0.2, 0) is 22.6 Å². The third-order valence-corrected chi connectivity index (χ3v) is 7.43. The highest BCUT2D eigenvalue weighted by molar-refractivity contribution is 5.99. The highest BCUT2D eigenvalue weighted by Gasteiger charge is 2.28. The molecule has 3 aliphatic rings. The van der Waals surface area contributed by atoms with Crippen LogP contribution < -0.4 is 16.0 Å². The van der Waals surface area contributed by atoms with Crippen molar-refractivity contribution in [3.63, 3.8) is 0 Å². The summed E-state index contributed by atoms with van der Waals surface area (Å²) >= 11 is 0. The molecule has 3 aromatic carbocycles. The van der Waals surface area contributed by atoms with E-state index in [0.29, 0.717) is 22.4 Å². The van der Waals surface area contributed by atoms with E-state index in [4.69, 9.17) is 4.74 Å². The number of nitrogens with one attached hydrogen (secondary N) is 3. The number of carbonyl (C=O) groups is 3. The van der Waals surface area contributed by atoms with Gasteiger partial charge in [-0.25, -0.2) is 9.18 Å². The summed E-state index contributed by atoms with van der Waals surface area (Å²) in [6, 6.07) is 13.0. The van der Waals surface area contributed by atoms with Crippen LogP contribution in [0.4, 0.5) is 20.6 Å². The zero-order valence-corrected chi connectivity index (χ0v) is 22.4. The third kappa shape index (κ3) is 5.30. The molecule has 6 rings (SSSR count). The van der Waals surface area contributed by atoms with Crippen molar-refractivity contribution in [2.75, 3.05) is 24.3 Å². The minimum Gasteiger partial charge on any atom is -0.449 e. The molecule has 202 valence electrons. The molecule has 0 fully saturated rings. The summed E-state index contributed by atoms with van der Waals surface area (Å²) in [5.74, 6) is -1.17. The summed E-state index contributed by atoms with van der Waals surface area (Å²) in [5.41, 5.74) is 5.94. The summed E-state index contributed by atoms with van der Waals surface area (Å²) < 4.78 is 20.6. The van der Waals surface area contributed by atoms with Crippen LogP contribution in [0.25, 0.3) is 0 Å². The van der Waals surface area contributed by atoms with Gasteiger partial charge in [-0.15, -0.1) is 0 Å². The molecule has 3 aliphatic heterocycles. The van der Waals surface area contributed by atoms with E-state index in [2.05, 4.69) is 16.0 Å². The fraction of sp³-hybridized carbons (Fsp3) is 0.300. The molecule has 8 nitrogen and oxygen atoms in total. The van der Waals surface area contributed by atoms with Gasteiger partial charge in [-0.3, -0.25) is 14.9 Å². The topological polar surface area (TPSA) is 99.8 Å².